The number of benzene rings is 1. The zero-order valence-electron chi connectivity index (χ0n) is 11.4. The van der Waals surface area contributed by atoms with Crippen molar-refractivity contribution in [1.29, 1.82) is 0 Å². The third-order valence-electron chi connectivity index (χ3n) is 4.41. The number of likely N-dealkylation sites (N-methyl/N-ethyl adjacent to an activating group) is 1. The molecule has 3 rings (SSSR count). The van der Waals surface area contributed by atoms with Gasteiger partial charge in [-0.3, -0.25) is 4.79 Å². The molecule has 1 saturated carbocycles. The van der Waals surface area contributed by atoms with Gasteiger partial charge in [0.15, 0.2) is 0 Å². The molecule has 3 atom stereocenters. The Hall–Kier alpha value is -1.13. The van der Waals surface area contributed by atoms with Crippen LogP contribution < -0.4 is 5.32 Å². The standard InChI is InChI=1S/C15H18ClFN2O/c1-19(9-5-6-18-8-9)15(20)11-7-10(11)14-12(16)3-2-4-13(14)17/h2-4,9-11,18H,5-8H2,1H3/t9-,10+,11-/m1/s1. The first kappa shape index (κ1) is 13.8. The normalized spacial score (nSPS) is 28.4. The summed E-state index contributed by atoms with van der Waals surface area (Å²) in [6, 6.07) is 4.95. The minimum Gasteiger partial charge on any atom is -0.341 e. The Balaban J connectivity index is 1.70. The van der Waals surface area contributed by atoms with Gasteiger partial charge >= 0.3 is 0 Å². The summed E-state index contributed by atoms with van der Waals surface area (Å²) in [6.45, 7) is 1.80. The van der Waals surface area contributed by atoms with Crippen LogP contribution in [0.2, 0.25) is 5.02 Å². The highest BCUT2D eigenvalue weighted by molar-refractivity contribution is 6.31. The minimum atomic E-state index is -0.303. The van der Waals surface area contributed by atoms with Crippen LogP contribution in [0.4, 0.5) is 4.39 Å². The predicted octanol–water partition coefficient (Wildman–Crippen LogP) is 2.40. The van der Waals surface area contributed by atoms with E-state index < -0.39 is 0 Å². The average molecular weight is 297 g/mol. The molecule has 2 aliphatic rings. The molecule has 1 aliphatic heterocycles. The van der Waals surface area contributed by atoms with Gasteiger partial charge in [0.1, 0.15) is 5.82 Å². The lowest BCUT2D eigenvalue weighted by Gasteiger charge is -2.24. The summed E-state index contributed by atoms with van der Waals surface area (Å²) in [5.74, 6) is -0.367. The molecular weight excluding hydrogens is 279 g/mol. The van der Waals surface area contributed by atoms with Gasteiger partial charge in [0.25, 0.3) is 0 Å². The minimum absolute atomic E-state index is 0.0620. The molecule has 0 bridgehead atoms. The lowest BCUT2D eigenvalue weighted by molar-refractivity contribution is -0.133. The van der Waals surface area contributed by atoms with E-state index in [1.807, 2.05) is 11.9 Å². The van der Waals surface area contributed by atoms with Crippen molar-refractivity contribution in [2.45, 2.75) is 24.8 Å². The van der Waals surface area contributed by atoms with Gasteiger partial charge in [-0.25, -0.2) is 4.39 Å². The van der Waals surface area contributed by atoms with Crippen LogP contribution in [-0.2, 0) is 4.79 Å². The number of carbonyl (C=O) groups excluding carboxylic acids is 1. The van der Waals surface area contributed by atoms with Gasteiger partial charge in [0.05, 0.1) is 0 Å². The van der Waals surface area contributed by atoms with Crippen molar-refractivity contribution >= 4 is 17.5 Å². The number of nitrogens with zero attached hydrogens (tertiary/aromatic N) is 1. The molecule has 20 heavy (non-hydrogen) atoms. The smallest absolute Gasteiger partial charge is 0.226 e. The summed E-state index contributed by atoms with van der Waals surface area (Å²) < 4.78 is 13.9. The molecule has 1 aliphatic carbocycles. The Kier molecular flexibility index (Phi) is 3.69. The molecule has 108 valence electrons. The molecule has 1 N–H and O–H groups in total. The van der Waals surface area contributed by atoms with E-state index in [9.17, 15) is 9.18 Å². The van der Waals surface area contributed by atoms with Gasteiger partial charge < -0.3 is 10.2 Å². The number of hydrogen-bond donors (Lipinski definition) is 1. The first-order valence-electron chi connectivity index (χ1n) is 7.01. The van der Waals surface area contributed by atoms with Crippen LogP contribution in [0.5, 0.6) is 0 Å². The zero-order chi connectivity index (χ0) is 14.3. The lowest BCUT2D eigenvalue weighted by atomic mass is 10.1. The second kappa shape index (κ2) is 5.34. The molecule has 1 aromatic carbocycles. The molecule has 0 aromatic heterocycles. The average Bonchev–Trinajstić information content (AvgIpc) is 3.00. The maximum absolute atomic E-state index is 13.9. The maximum atomic E-state index is 13.9. The molecule has 1 aromatic rings. The topological polar surface area (TPSA) is 32.3 Å². The third-order valence-corrected chi connectivity index (χ3v) is 4.74. The molecule has 1 heterocycles. The second-order valence-electron chi connectivity index (χ2n) is 5.68. The quantitative estimate of drug-likeness (QED) is 0.929. The van der Waals surface area contributed by atoms with Crippen molar-refractivity contribution in [2.75, 3.05) is 20.1 Å². The van der Waals surface area contributed by atoms with E-state index in [1.54, 1.807) is 12.1 Å². The SMILES string of the molecule is CN(C(=O)[C@@H]1C[C@@H]1c1c(F)cccc1Cl)[C@@H]1CCNC1. The van der Waals surface area contributed by atoms with E-state index in [-0.39, 0.29) is 29.6 Å². The van der Waals surface area contributed by atoms with Crippen LogP contribution in [0, 0.1) is 11.7 Å². The number of nitrogens with one attached hydrogen (secondary N) is 1. The second-order valence-corrected chi connectivity index (χ2v) is 6.09. The van der Waals surface area contributed by atoms with Gasteiger partial charge in [0, 0.05) is 42.1 Å². The van der Waals surface area contributed by atoms with Crippen LogP contribution in [-0.4, -0.2) is 37.0 Å². The van der Waals surface area contributed by atoms with Crippen LogP contribution in [0.15, 0.2) is 18.2 Å². The van der Waals surface area contributed by atoms with Crippen LogP contribution in [0.3, 0.4) is 0 Å². The number of amides is 1. The number of hydrogen-bond acceptors (Lipinski definition) is 2. The van der Waals surface area contributed by atoms with Crippen LogP contribution >= 0.6 is 11.6 Å². The van der Waals surface area contributed by atoms with Crippen molar-refractivity contribution in [1.82, 2.24) is 10.2 Å². The van der Waals surface area contributed by atoms with Gasteiger partial charge in [0.2, 0.25) is 5.91 Å². The number of halogens is 2. The molecule has 1 saturated heterocycles. The number of rotatable bonds is 3. The van der Waals surface area contributed by atoms with E-state index in [0.29, 0.717) is 17.0 Å². The van der Waals surface area contributed by atoms with E-state index in [4.69, 9.17) is 11.6 Å². The summed E-state index contributed by atoms with van der Waals surface area (Å²) in [6.07, 6.45) is 1.68. The highest BCUT2D eigenvalue weighted by atomic mass is 35.5. The third kappa shape index (κ3) is 2.42. The van der Waals surface area contributed by atoms with E-state index in [0.717, 1.165) is 19.5 Å². The Bertz CT molecular complexity index is 510. The summed E-state index contributed by atoms with van der Waals surface area (Å²) in [4.78, 5) is 14.3. The molecule has 3 nitrogen and oxygen atoms in total. The van der Waals surface area contributed by atoms with Crippen molar-refractivity contribution in [3.8, 4) is 0 Å². The molecule has 0 spiro atoms. The first-order valence-corrected chi connectivity index (χ1v) is 7.38. The van der Waals surface area contributed by atoms with Crippen molar-refractivity contribution in [3.63, 3.8) is 0 Å². The summed E-state index contributed by atoms with van der Waals surface area (Å²) >= 11 is 6.07. The highest BCUT2D eigenvalue weighted by Gasteiger charge is 2.48. The number of carbonyl (C=O) groups is 1. The Morgan fingerprint density at radius 3 is 2.95 bits per heavy atom. The largest absolute Gasteiger partial charge is 0.341 e. The molecule has 2 fully saturated rings. The van der Waals surface area contributed by atoms with E-state index >= 15 is 0 Å². The van der Waals surface area contributed by atoms with Crippen LogP contribution in [0.25, 0.3) is 0 Å². The molecule has 0 unspecified atom stereocenters. The van der Waals surface area contributed by atoms with Crippen molar-refractivity contribution < 1.29 is 9.18 Å². The monoisotopic (exact) mass is 296 g/mol. The summed E-state index contributed by atoms with van der Waals surface area (Å²) in [5, 5.41) is 3.68. The Morgan fingerprint density at radius 2 is 2.30 bits per heavy atom. The van der Waals surface area contributed by atoms with Gasteiger partial charge in [-0.1, -0.05) is 17.7 Å². The lowest BCUT2D eigenvalue weighted by Crippen LogP contribution is -2.39. The fourth-order valence-corrected chi connectivity index (χ4v) is 3.37. The molecule has 1 amide bonds. The molecular formula is C15H18ClFN2O. The summed E-state index contributed by atoms with van der Waals surface area (Å²) in [5.41, 5.74) is 0.505. The first-order chi connectivity index (χ1) is 9.59. The predicted molar refractivity (Wildman–Crippen MR) is 76.3 cm³/mol. The fourth-order valence-electron chi connectivity index (χ4n) is 3.06. The van der Waals surface area contributed by atoms with E-state index in [2.05, 4.69) is 5.32 Å². The van der Waals surface area contributed by atoms with Crippen molar-refractivity contribution in [3.05, 3.63) is 34.6 Å². The molecule has 5 heteroatoms. The van der Waals surface area contributed by atoms with E-state index in [1.165, 1.54) is 6.07 Å². The molecule has 0 radical (unpaired) electrons. The van der Waals surface area contributed by atoms with Gasteiger partial charge in [-0.2, -0.15) is 0 Å². The Morgan fingerprint density at radius 1 is 1.50 bits per heavy atom. The van der Waals surface area contributed by atoms with Gasteiger partial charge in [-0.05, 0) is 31.5 Å². The van der Waals surface area contributed by atoms with Crippen molar-refractivity contribution in [2.24, 2.45) is 5.92 Å². The fraction of sp³-hybridized carbons (Fsp3) is 0.533. The van der Waals surface area contributed by atoms with Crippen LogP contribution in [0.1, 0.15) is 24.3 Å². The summed E-state index contributed by atoms with van der Waals surface area (Å²) in [7, 11) is 1.85. The Labute approximate surface area is 123 Å². The highest BCUT2D eigenvalue weighted by Crippen LogP contribution is 2.51. The van der Waals surface area contributed by atoms with Gasteiger partial charge in [-0.15, -0.1) is 0 Å². The maximum Gasteiger partial charge on any atom is 0.226 e. The zero-order valence-corrected chi connectivity index (χ0v) is 12.2.